The Bertz CT molecular complexity index is 1210. The molecule has 3 aliphatic carbocycles. The lowest BCUT2D eigenvalue weighted by molar-refractivity contribution is 0.142. The van der Waals surface area contributed by atoms with Gasteiger partial charge in [-0.2, -0.15) is 0 Å². The van der Waals surface area contributed by atoms with Crippen LogP contribution < -0.4 is 17.0 Å². The van der Waals surface area contributed by atoms with Crippen molar-refractivity contribution in [3.8, 4) is 0 Å². The fourth-order valence-corrected chi connectivity index (χ4v) is 6.94. The van der Waals surface area contributed by atoms with Crippen LogP contribution in [0.5, 0.6) is 0 Å². The number of aryl methyl sites for hydroxylation is 1. The summed E-state index contributed by atoms with van der Waals surface area (Å²) >= 11 is 1.55. The third-order valence-electron chi connectivity index (χ3n) is 7.14. The van der Waals surface area contributed by atoms with Crippen LogP contribution in [-0.2, 0) is 11.2 Å². The van der Waals surface area contributed by atoms with Crippen molar-refractivity contribution < 1.29 is 14.2 Å². The molecule has 2 aromatic heterocycles. The summed E-state index contributed by atoms with van der Waals surface area (Å²) in [5.41, 5.74) is 6.38. The lowest BCUT2D eigenvalue weighted by atomic mass is 9.79. The maximum absolute atomic E-state index is 15.9. The first-order valence-corrected chi connectivity index (χ1v) is 12.0. The van der Waals surface area contributed by atoms with Crippen LogP contribution in [-0.4, -0.2) is 34.4 Å². The van der Waals surface area contributed by atoms with Crippen molar-refractivity contribution in [1.29, 1.82) is 0 Å². The zero-order chi connectivity index (χ0) is 22.7. The summed E-state index contributed by atoms with van der Waals surface area (Å²) in [6.45, 7) is 2.05. The summed E-state index contributed by atoms with van der Waals surface area (Å²) < 4.78 is 22.9. The summed E-state index contributed by atoms with van der Waals surface area (Å²) in [7, 11) is 1.35. The SMILES string of the molecule is COC1=C(F)C(c2cc3c(s2)CCCC3C(O)CN)C(C)c2c1c(=O)[nH]c(=O)n2C1CC1. The number of aliphatic hydroxyl groups excluding tert-OH is 1. The van der Waals surface area contributed by atoms with Gasteiger partial charge in [-0.15, -0.1) is 11.3 Å². The van der Waals surface area contributed by atoms with Crippen molar-refractivity contribution in [2.75, 3.05) is 13.7 Å². The molecule has 5 rings (SSSR count). The minimum atomic E-state index is -0.657. The number of aliphatic hydroxyl groups is 1. The number of H-pyrrole nitrogens is 1. The standard InChI is InChI=1S/C23H28FN3O4S/c1-10-17(16-8-13-12(14(28)9-25)4-3-5-15(13)32-16)19(24)21(31-2)18-20(10)27(11-6-7-11)23(30)26-22(18)29/h8,10-12,14,17,28H,3-7,9,25H2,1-2H3,(H,26,29,30). The van der Waals surface area contributed by atoms with Crippen LogP contribution in [0.15, 0.2) is 21.5 Å². The van der Waals surface area contributed by atoms with Gasteiger partial charge in [-0.1, -0.05) is 6.92 Å². The summed E-state index contributed by atoms with van der Waals surface area (Å²) in [5.74, 6) is -1.72. The van der Waals surface area contributed by atoms with E-state index in [0.29, 0.717) is 5.69 Å². The number of halogens is 1. The number of methoxy groups -OCH3 is 1. The molecule has 0 aromatic carbocycles. The molecule has 172 valence electrons. The number of ether oxygens (including phenoxy) is 1. The third kappa shape index (κ3) is 3.21. The second-order valence-corrected chi connectivity index (χ2v) is 10.3. The fraction of sp³-hybridized carbons (Fsp3) is 0.565. The molecule has 4 N–H and O–H groups in total. The van der Waals surface area contributed by atoms with Crippen molar-refractivity contribution >= 4 is 17.1 Å². The van der Waals surface area contributed by atoms with E-state index in [4.69, 9.17) is 10.5 Å². The van der Waals surface area contributed by atoms with Gasteiger partial charge in [-0.05, 0) is 43.7 Å². The van der Waals surface area contributed by atoms with E-state index in [1.54, 1.807) is 15.9 Å². The number of nitrogens with one attached hydrogen (secondary N) is 1. The molecule has 2 heterocycles. The number of allylic oxidation sites excluding steroid dienone is 1. The number of thiophene rings is 1. The minimum Gasteiger partial charge on any atom is -0.493 e. The van der Waals surface area contributed by atoms with E-state index in [-0.39, 0.29) is 29.8 Å². The molecule has 0 saturated heterocycles. The second kappa shape index (κ2) is 7.97. The molecular formula is C23H28FN3O4S. The van der Waals surface area contributed by atoms with Gasteiger partial charge < -0.3 is 15.6 Å². The van der Waals surface area contributed by atoms with Crippen molar-refractivity contribution in [2.24, 2.45) is 5.73 Å². The van der Waals surface area contributed by atoms with Gasteiger partial charge in [0.15, 0.2) is 11.6 Å². The predicted octanol–water partition coefficient (Wildman–Crippen LogP) is 2.86. The normalized spacial score (nSPS) is 26.0. The van der Waals surface area contributed by atoms with Crippen LogP contribution in [0.1, 0.15) is 83.0 Å². The number of hydrogen-bond acceptors (Lipinski definition) is 6. The first kappa shape index (κ1) is 21.6. The molecular weight excluding hydrogens is 433 g/mol. The average molecular weight is 462 g/mol. The highest BCUT2D eigenvalue weighted by molar-refractivity contribution is 7.12. The quantitative estimate of drug-likeness (QED) is 0.634. The Labute approximate surface area is 188 Å². The van der Waals surface area contributed by atoms with Gasteiger partial charge in [0.25, 0.3) is 5.56 Å². The van der Waals surface area contributed by atoms with Gasteiger partial charge in [0, 0.05) is 39.9 Å². The Balaban J connectivity index is 1.68. The van der Waals surface area contributed by atoms with E-state index >= 15 is 4.39 Å². The molecule has 1 fully saturated rings. The van der Waals surface area contributed by atoms with E-state index in [0.717, 1.165) is 47.4 Å². The largest absolute Gasteiger partial charge is 0.493 e. The number of rotatable bonds is 5. The highest BCUT2D eigenvalue weighted by atomic mass is 32.1. The second-order valence-electron chi connectivity index (χ2n) is 9.10. The number of hydrogen-bond donors (Lipinski definition) is 3. The maximum Gasteiger partial charge on any atom is 0.328 e. The van der Waals surface area contributed by atoms with E-state index in [9.17, 15) is 14.7 Å². The monoisotopic (exact) mass is 461 g/mol. The van der Waals surface area contributed by atoms with Gasteiger partial charge in [-0.3, -0.25) is 14.3 Å². The summed E-state index contributed by atoms with van der Waals surface area (Å²) in [5, 5.41) is 10.4. The molecule has 0 bridgehead atoms. The lowest BCUT2D eigenvalue weighted by Gasteiger charge is -2.32. The van der Waals surface area contributed by atoms with Crippen LogP contribution >= 0.6 is 11.3 Å². The number of nitrogens with zero attached hydrogens (tertiary/aromatic N) is 1. The van der Waals surface area contributed by atoms with Crippen LogP contribution in [0, 0.1) is 0 Å². The molecule has 1 saturated carbocycles. The zero-order valence-corrected chi connectivity index (χ0v) is 19.0. The molecule has 0 amide bonds. The molecule has 0 aliphatic heterocycles. The van der Waals surface area contributed by atoms with Gasteiger partial charge in [0.2, 0.25) is 0 Å². The molecule has 4 atom stereocenters. The van der Waals surface area contributed by atoms with Crippen molar-refractivity contribution in [1.82, 2.24) is 9.55 Å². The molecule has 0 radical (unpaired) electrons. The van der Waals surface area contributed by atoms with Gasteiger partial charge in [0.1, 0.15) is 5.56 Å². The molecule has 2 aromatic rings. The molecule has 32 heavy (non-hydrogen) atoms. The van der Waals surface area contributed by atoms with Crippen molar-refractivity contribution in [3.63, 3.8) is 0 Å². The Kier molecular flexibility index (Phi) is 5.38. The average Bonchev–Trinajstić information content (AvgIpc) is 3.51. The summed E-state index contributed by atoms with van der Waals surface area (Å²) in [6.07, 6.45) is 3.78. The Morgan fingerprint density at radius 2 is 2.12 bits per heavy atom. The zero-order valence-electron chi connectivity index (χ0n) is 18.2. The number of aromatic nitrogens is 2. The first-order chi connectivity index (χ1) is 15.4. The third-order valence-corrected chi connectivity index (χ3v) is 8.43. The summed E-state index contributed by atoms with van der Waals surface area (Å²) in [4.78, 5) is 29.7. The Hall–Kier alpha value is -2.23. The number of fused-ring (bicyclic) bond motifs is 2. The molecule has 9 heteroatoms. The van der Waals surface area contributed by atoms with Crippen LogP contribution in [0.4, 0.5) is 4.39 Å². The Morgan fingerprint density at radius 3 is 2.78 bits per heavy atom. The first-order valence-electron chi connectivity index (χ1n) is 11.2. The molecule has 7 nitrogen and oxygen atoms in total. The van der Waals surface area contributed by atoms with E-state index in [1.165, 1.54) is 7.11 Å². The number of aromatic amines is 1. The number of nitrogens with two attached hydrogens (primary N) is 1. The Morgan fingerprint density at radius 1 is 1.38 bits per heavy atom. The molecule has 0 spiro atoms. The minimum absolute atomic E-state index is 0.0242. The molecule has 4 unspecified atom stereocenters. The topological polar surface area (TPSA) is 110 Å². The van der Waals surface area contributed by atoms with Crippen molar-refractivity contribution in [3.05, 3.63) is 59.3 Å². The van der Waals surface area contributed by atoms with Gasteiger partial charge in [0.05, 0.1) is 19.1 Å². The van der Waals surface area contributed by atoms with Crippen molar-refractivity contribution in [2.45, 2.75) is 68.9 Å². The molecule has 3 aliphatic rings. The highest BCUT2D eigenvalue weighted by Crippen LogP contribution is 2.52. The van der Waals surface area contributed by atoms with Gasteiger partial charge >= 0.3 is 5.69 Å². The maximum atomic E-state index is 15.9. The van der Waals surface area contributed by atoms with E-state index in [2.05, 4.69) is 4.98 Å². The van der Waals surface area contributed by atoms with E-state index in [1.807, 2.05) is 13.0 Å². The lowest BCUT2D eigenvalue weighted by Crippen LogP contribution is -2.38. The predicted molar refractivity (Wildman–Crippen MR) is 121 cm³/mol. The van der Waals surface area contributed by atoms with Crippen LogP contribution in [0.3, 0.4) is 0 Å². The van der Waals surface area contributed by atoms with E-state index < -0.39 is 35.0 Å². The van der Waals surface area contributed by atoms with Crippen LogP contribution in [0.25, 0.3) is 5.76 Å². The highest BCUT2D eigenvalue weighted by Gasteiger charge is 2.43. The smallest absolute Gasteiger partial charge is 0.328 e. The summed E-state index contributed by atoms with van der Waals surface area (Å²) in [6, 6.07) is 2.02. The fourth-order valence-electron chi connectivity index (χ4n) is 5.47. The van der Waals surface area contributed by atoms with Gasteiger partial charge in [-0.25, -0.2) is 9.18 Å². The van der Waals surface area contributed by atoms with Crippen LogP contribution in [0.2, 0.25) is 0 Å².